The van der Waals surface area contributed by atoms with Crippen LogP contribution < -0.4 is 10.6 Å². The summed E-state index contributed by atoms with van der Waals surface area (Å²) in [5, 5.41) is 14.0. The van der Waals surface area contributed by atoms with Crippen molar-refractivity contribution >= 4 is 39.0 Å². The van der Waals surface area contributed by atoms with E-state index in [-0.39, 0.29) is 11.6 Å². The lowest BCUT2D eigenvalue weighted by Gasteiger charge is -2.08. The van der Waals surface area contributed by atoms with Crippen LogP contribution in [0.4, 0.5) is 17.2 Å². The van der Waals surface area contributed by atoms with Gasteiger partial charge in [-0.3, -0.25) is 4.79 Å². The van der Waals surface area contributed by atoms with Gasteiger partial charge in [-0.15, -0.1) is 10.2 Å². The monoisotopic (exact) mass is 382 g/mol. The number of nitrogens with one attached hydrogen (secondary N) is 2. The highest BCUT2D eigenvalue weighted by Gasteiger charge is 2.09. The molecule has 0 saturated carbocycles. The van der Waals surface area contributed by atoms with Crippen LogP contribution in [0.5, 0.6) is 0 Å². The summed E-state index contributed by atoms with van der Waals surface area (Å²) in [5.74, 6) is 0.271. The van der Waals surface area contributed by atoms with Crippen molar-refractivity contribution in [3.63, 3.8) is 0 Å². The second-order valence-electron chi connectivity index (χ2n) is 5.23. The van der Waals surface area contributed by atoms with Gasteiger partial charge in [-0.2, -0.15) is 0 Å². The molecule has 1 aromatic heterocycles. The summed E-state index contributed by atoms with van der Waals surface area (Å²) >= 11 is 3.46. The van der Waals surface area contributed by atoms with Gasteiger partial charge >= 0.3 is 0 Å². The number of aryl methyl sites for hydroxylation is 1. The maximum Gasteiger partial charge on any atom is 0.276 e. The van der Waals surface area contributed by atoms with Crippen molar-refractivity contribution in [2.75, 3.05) is 10.6 Å². The normalized spacial score (nSPS) is 10.2. The minimum Gasteiger partial charge on any atom is -0.338 e. The highest BCUT2D eigenvalue weighted by atomic mass is 79.9. The molecule has 0 radical (unpaired) electrons. The molecule has 1 amide bonds. The molecule has 1 heterocycles. The molecule has 24 heavy (non-hydrogen) atoms. The maximum atomic E-state index is 12.2. The van der Waals surface area contributed by atoms with Gasteiger partial charge in [0.15, 0.2) is 11.5 Å². The smallest absolute Gasteiger partial charge is 0.276 e. The van der Waals surface area contributed by atoms with Crippen LogP contribution in [0, 0.1) is 6.92 Å². The molecule has 0 aliphatic heterocycles. The Morgan fingerprint density at radius 3 is 2.38 bits per heavy atom. The summed E-state index contributed by atoms with van der Waals surface area (Å²) in [4.78, 5) is 12.2. The van der Waals surface area contributed by atoms with E-state index >= 15 is 0 Å². The van der Waals surface area contributed by atoms with Crippen LogP contribution in [0.25, 0.3) is 0 Å². The first-order valence-electron chi connectivity index (χ1n) is 7.35. The van der Waals surface area contributed by atoms with Gasteiger partial charge in [0.1, 0.15) is 0 Å². The van der Waals surface area contributed by atoms with Gasteiger partial charge in [-0.05, 0) is 59.3 Å². The van der Waals surface area contributed by atoms with E-state index in [1.165, 1.54) is 0 Å². The Labute approximate surface area is 148 Å². The van der Waals surface area contributed by atoms with Crippen LogP contribution in [-0.2, 0) is 0 Å². The van der Waals surface area contributed by atoms with Crippen molar-refractivity contribution in [1.82, 2.24) is 10.2 Å². The first kappa shape index (κ1) is 16.1. The molecular weight excluding hydrogens is 368 g/mol. The topological polar surface area (TPSA) is 66.9 Å². The summed E-state index contributed by atoms with van der Waals surface area (Å²) in [6.07, 6.45) is 0. The molecule has 3 rings (SSSR count). The second kappa shape index (κ2) is 7.23. The van der Waals surface area contributed by atoms with Crippen LogP contribution in [0.2, 0.25) is 0 Å². The zero-order chi connectivity index (χ0) is 16.9. The number of halogens is 1. The molecule has 5 nitrogen and oxygen atoms in total. The van der Waals surface area contributed by atoms with E-state index in [2.05, 4.69) is 36.8 Å². The van der Waals surface area contributed by atoms with Crippen LogP contribution in [0.1, 0.15) is 16.1 Å². The molecule has 2 aromatic carbocycles. The molecule has 0 aliphatic rings. The van der Waals surface area contributed by atoms with Crippen molar-refractivity contribution in [3.05, 3.63) is 76.4 Å². The van der Waals surface area contributed by atoms with E-state index in [1.807, 2.05) is 55.5 Å². The average molecular weight is 383 g/mol. The van der Waals surface area contributed by atoms with E-state index < -0.39 is 0 Å². The van der Waals surface area contributed by atoms with Crippen molar-refractivity contribution in [2.45, 2.75) is 6.92 Å². The minimum atomic E-state index is -0.293. The lowest BCUT2D eigenvalue weighted by atomic mass is 10.2. The highest BCUT2D eigenvalue weighted by molar-refractivity contribution is 9.10. The molecule has 3 aromatic rings. The second-order valence-corrected chi connectivity index (χ2v) is 6.08. The number of hydrogen-bond acceptors (Lipinski definition) is 4. The molecule has 0 unspecified atom stereocenters. The number of rotatable bonds is 4. The molecule has 6 heteroatoms. The van der Waals surface area contributed by atoms with Crippen LogP contribution in [0.3, 0.4) is 0 Å². The molecule has 0 saturated heterocycles. The predicted octanol–water partition coefficient (Wildman–Crippen LogP) is 4.54. The van der Waals surface area contributed by atoms with E-state index in [9.17, 15) is 4.79 Å². The van der Waals surface area contributed by atoms with Gasteiger partial charge in [-0.25, -0.2) is 0 Å². The number of benzene rings is 2. The molecule has 0 bridgehead atoms. The summed E-state index contributed by atoms with van der Waals surface area (Å²) < 4.78 is 0.924. The minimum absolute atomic E-state index is 0.258. The van der Waals surface area contributed by atoms with E-state index in [0.29, 0.717) is 5.82 Å². The van der Waals surface area contributed by atoms with Crippen molar-refractivity contribution in [1.29, 1.82) is 0 Å². The Morgan fingerprint density at radius 2 is 1.71 bits per heavy atom. The Balaban J connectivity index is 1.68. The fourth-order valence-corrected chi connectivity index (χ4v) is 2.44. The Hall–Kier alpha value is -2.73. The Morgan fingerprint density at radius 1 is 0.958 bits per heavy atom. The number of amides is 1. The number of anilines is 3. The maximum absolute atomic E-state index is 12.2. The van der Waals surface area contributed by atoms with Crippen molar-refractivity contribution in [2.24, 2.45) is 0 Å². The molecule has 2 N–H and O–H groups in total. The largest absolute Gasteiger partial charge is 0.338 e. The number of hydrogen-bond donors (Lipinski definition) is 2. The summed E-state index contributed by atoms with van der Waals surface area (Å²) in [5.41, 5.74) is 3.00. The lowest BCUT2D eigenvalue weighted by Crippen LogP contribution is -2.14. The third kappa shape index (κ3) is 3.97. The van der Waals surface area contributed by atoms with Crippen LogP contribution in [-0.4, -0.2) is 16.1 Å². The predicted molar refractivity (Wildman–Crippen MR) is 98.6 cm³/mol. The quantitative estimate of drug-likeness (QED) is 0.694. The van der Waals surface area contributed by atoms with Gasteiger partial charge in [0.05, 0.1) is 5.69 Å². The van der Waals surface area contributed by atoms with E-state index in [1.54, 1.807) is 12.1 Å². The SMILES string of the molecule is Cc1ccc(NC(=O)c2ccc(Nc3ccccc3Br)nn2)cc1. The first-order chi connectivity index (χ1) is 11.6. The number of carbonyl (C=O) groups excluding carboxylic acids is 1. The Kier molecular flexibility index (Phi) is 4.86. The number of aromatic nitrogens is 2. The van der Waals surface area contributed by atoms with Crippen LogP contribution in [0.15, 0.2) is 65.1 Å². The number of para-hydroxylation sites is 1. The number of carbonyl (C=O) groups is 1. The summed E-state index contributed by atoms with van der Waals surface area (Å²) in [7, 11) is 0. The van der Waals surface area contributed by atoms with E-state index in [4.69, 9.17) is 0 Å². The first-order valence-corrected chi connectivity index (χ1v) is 8.14. The third-order valence-electron chi connectivity index (χ3n) is 3.34. The Bertz CT molecular complexity index is 848. The summed E-state index contributed by atoms with van der Waals surface area (Å²) in [6, 6.07) is 18.6. The van der Waals surface area contributed by atoms with Gasteiger partial charge in [0.2, 0.25) is 0 Å². The molecule has 0 atom stereocenters. The highest BCUT2D eigenvalue weighted by Crippen LogP contribution is 2.24. The standard InChI is InChI=1S/C18H15BrN4O/c1-12-6-8-13(9-7-12)20-18(24)16-10-11-17(23-22-16)21-15-5-3-2-4-14(15)19/h2-11H,1H3,(H,20,24)(H,21,23). The van der Waals surface area contributed by atoms with Gasteiger partial charge in [0.25, 0.3) is 5.91 Å². The number of nitrogens with zero attached hydrogens (tertiary/aromatic N) is 2. The molecule has 120 valence electrons. The van der Waals surface area contributed by atoms with Crippen molar-refractivity contribution < 1.29 is 4.79 Å². The summed E-state index contributed by atoms with van der Waals surface area (Å²) in [6.45, 7) is 1.99. The van der Waals surface area contributed by atoms with E-state index in [0.717, 1.165) is 21.4 Å². The zero-order valence-electron chi connectivity index (χ0n) is 13.0. The fraction of sp³-hybridized carbons (Fsp3) is 0.0556. The fourth-order valence-electron chi connectivity index (χ4n) is 2.05. The molecule has 0 spiro atoms. The van der Waals surface area contributed by atoms with Gasteiger partial charge in [-0.1, -0.05) is 29.8 Å². The zero-order valence-corrected chi connectivity index (χ0v) is 14.5. The lowest BCUT2D eigenvalue weighted by molar-refractivity contribution is 0.102. The third-order valence-corrected chi connectivity index (χ3v) is 4.03. The van der Waals surface area contributed by atoms with Crippen LogP contribution >= 0.6 is 15.9 Å². The molecule has 0 fully saturated rings. The van der Waals surface area contributed by atoms with Gasteiger partial charge in [0, 0.05) is 10.2 Å². The van der Waals surface area contributed by atoms with Gasteiger partial charge < -0.3 is 10.6 Å². The molecular formula is C18H15BrN4O. The average Bonchev–Trinajstić information content (AvgIpc) is 2.59. The molecule has 0 aliphatic carbocycles. The van der Waals surface area contributed by atoms with Crippen molar-refractivity contribution in [3.8, 4) is 0 Å².